The van der Waals surface area contributed by atoms with Gasteiger partial charge in [-0.05, 0) is 18.2 Å². The number of benzene rings is 1. The zero-order chi connectivity index (χ0) is 19.0. The molecule has 0 spiro atoms. The monoisotopic (exact) mass is 366 g/mol. The van der Waals surface area contributed by atoms with Crippen LogP contribution in [0, 0.1) is 0 Å². The van der Waals surface area contributed by atoms with Crippen molar-refractivity contribution in [3.63, 3.8) is 0 Å². The van der Waals surface area contributed by atoms with E-state index in [1.807, 2.05) is 24.4 Å². The maximum absolute atomic E-state index is 12.2. The first-order valence-corrected chi connectivity index (χ1v) is 8.95. The maximum Gasteiger partial charge on any atom is 0.347 e. The molecule has 140 valence electrons. The Morgan fingerprint density at radius 2 is 1.78 bits per heavy atom. The van der Waals surface area contributed by atoms with Crippen molar-refractivity contribution in [2.75, 3.05) is 31.1 Å². The summed E-state index contributed by atoms with van der Waals surface area (Å²) in [6.07, 6.45) is 5.06. The van der Waals surface area contributed by atoms with Gasteiger partial charge >= 0.3 is 5.69 Å². The van der Waals surface area contributed by atoms with E-state index in [-0.39, 0.29) is 11.2 Å². The van der Waals surface area contributed by atoms with Crippen LogP contribution in [0.4, 0.5) is 5.69 Å². The van der Waals surface area contributed by atoms with Crippen molar-refractivity contribution in [1.29, 1.82) is 0 Å². The van der Waals surface area contributed by atoms with Crippen molar-refractivity contribution in [2.45, 2.75) is 6.54 Å². The summed E-state index contributed by atoms with van der Waals surface area (Å²) in [6.45, 7) is 4.42. The highest BCUT2D eigenvalue weighted by Crippen LogP contribution is 2.20. The highest BCUT2D eigenvalue weighted by atomic mass is 16.1. The second-order valence-electron chi connectivity index (χ2n) is 6.98. The number of piperazine rings is 1. The highest BCUT2D eigenvalue weighted by Gasteiger charge is 2.18. The Hall–Kier alpha value is -3.00. The second-order valence-corrected chi connectivity index (χ2v) is 6.98. The zero-order valence-corrected chi connectivity index (χ0v) is 15.5. The minimum Gasteiger partial charge on any atom is -0.369 e. The number of hydrogen-bond donors (Lipinski definition) is 0. The molecule has 27 heavy (non-hydrogen) atoms. The lowest BCUT2D eigenvalue weighted by molar-refractivity contribution is 0.249. The van der Waals surface area contributed by atoms with Crippen molar-refractivity contribution in [1.82, 2.24) is 24.0 Å². The predicted octanol–water partition coefficient (Wildman–Crippen LogP) is 0.349. The van der Waals surface area contributed by atoms with E-state index in [0.29, 0.717) is 5.39 Å². The summed E-state index contributed by atoms with van der Waals surface area (Å²) in [6, 6.07) is 5.85. The lowest BCUT2D eigenvalue weighted by Crippen LogP contribution is -2.46. The van der Waals surface area contributed by atoms with Gasteiger partial charge in [0.15, 0.2) is 0 Å². The van der Waals surface area contributed by atoms with Crippen molar-refractivity contribution in [3.05, 3.63) is 63.3 Å². The van der Waals surface area contributed by atoms with Crippen LogP contribution in [-0.4, -0.2) is 50.2 Å². The number of nitrogens with zero attached hydrogens (tertiary/aromatic N) is 6. The third-order valence-corrected chi connectivity index (χ3v) is 5.05. The Labute approximate surface area is 156 Å². The normalized spacial score (nSPS) is 15.4. The van der Waals surface area contributed by atoms with Crippen LogP contribution in [-0.2, 0) is 20.6 Å². The molecule has 8 heteroatoms. The average molecular weight is 366 g/mol. The van der Waals surface area contributed by atoms with Gasteiger partial charge in [-0.3, -0.25) is 9.69 Å². The number of aryl methyl sites for hydroxylation is 2. The van der Waals surface area contributed by atoms with Crippen LogP contribution in [0.3, 0.4) is 0 Å². The molecular weight excluding hydrogens is 344 g/mol. The fourth-order valence-electron chi connectivity index (χ4n) is 3.47. The van der Waals surface area contributed by atoms with Gasteiger partial charge < -0.3 is 14.0 Å². The Balaban J connectivity index is 1.45. The van der Waals surface area contributed by atoms with E-state index in [9.17, 15) is 9.59 Å². The lowest BCUT2D eigenvalue weighted by Gasteiger charge is -2.36. The molecule has 1 saturated heterocycles. The summed E-state index contributed by atoms with van der Waals surface area (Å²) < 4.78 is 3.01. The van der Waals surface area contributed by atoms with Crippen LogP contribution >= 0.6 is 0 Å². The molecule has 1 aliphatic heterocycles. The first-order valence-electron chi connectivity index (χ1n) is 8.95. The molecule has 0 aliphatic carbocycles. The molecule has 2 aromatic heterocycles. The molecule has 0 amide bonds. The van der Waals surface area contributed by atoms with E-state index in [4.69, 9.17) is 0 Å². The zero-order valence-electron chi connectivity index (χ0n) is 15.5. The Bertz CT molecular complexity index is 1100. The first-order chi connectivity index (χ1) is 13.0. The first kappa shape index (κ1) is 17.4. The SMILES string of the molecule is Cn1cc(CN2CCN(c3ccc4c(=O)n(C)cnc4c3)CC2)cnc1=O. The van der Waals surface area contributed by atoms with Gasteiger partial charge in [0.2, 0.25) is 0 Å². The van der Waals surface area contributed by atoms with Gasteiger partial charge in [-0.15, -0.1) is 0 Å². The Kier molecular flexibility index (Phi) is 4.49. The molecule has 8 nitrogen and oxygen atoms in total. The Morgan fingerprint density at radius 1 is 1.00 bits per heavy atom. The van der Waals surface area contributed by atoms with E-state index in [2.05, 4.69) is 19.8 Å². The molecule has 0 atom stereocenters. The smallest absolute Gasteiger partial charge is 0.347 e. The molecule has 0 unspecified atom stereocenters. The van der Waals surface area contributed by atoms with E-state index >= 15 is 0 Å². The minimum absolute atomic E-state index is 0.0257. The fraction of sp³-hybridized carbons (Fsp3) is 0.368. The number of hydrogen-bond acceptors (Lipinski definition) is 6. The molecule has 0 N–H and O–H groups in total. The topological polar surface area (TPSA) is 76.3 Å². The standard InChI is InChI=1S/C19H22N6O2/c1-22-11-14(10-20-19(22)27)12-24-5-7-25(8-6-24)15-3-4-16-17(9-15)21-13-23(2)18(16)26/h3-4,9-11,13H,5-8,12H2,1-2H3. The van der Waals surface area contributed by atoms with Crippen molar-refractivity contribution in [2.24, 2.45) is 14.1 Å². The number of aromatic nitrogens is 4. The summed E-state index contributed by atoms with van der Waals surface area (Å²) in [5.41, 5.74) is 2.60. The molecular formula is C19H22N6O2. The van der Waals surface area contributed by atoms with E-state index in [0.717, 1.165) is 49.5 Å². The Morgan fingerprint density at radius 3 is 2.52 bits per heavy atom. The molecule has 0 bridgehead atoms. The quantitative estimate of drug-likeness (QED) is 0.666. The van der Waals surface area contributed by atoms with Gasteiger partial charge in [-0.1, -0.05) is 0 Å². The van der Waals surface area contributed by atoms with Gasteiger partial charge in [-0.2, -0.15) is 0 Å². The van der Waals surface area contributed by atoms with Crippen LogP contribution in [0.25, 0.3) is 10.9 Å². The van der Waals surface area contributed by atoms with E-state index < -0.39 is 0 Å². The molecule has 0 radical (unpaired) electrons. The largest absolute Gasteiger partial charge is 0.369 e. The third kappa shape index (κ3) is 3.48. The molecule has 0 saturated carbocycles. The molecule has 4 rings (SSSR count). The number of anilines is 1. The number of rotatable bonds is 3. The minimum atomic E-state index is -0.233. The summed E-state index contributed by atoms with van der Waals surface area (Å²) in [5.74, 6) is 0. The van der Waals surface area contributed by atoms with Crippen LogP contribution in [0.2, 0.25) is 0 Å². The summed E-state index contributed by atoms with van der Waals surface area (Å²) in [7, 11) is 3.43. The second kappa shape index (κ2) is 6.96. The lowest BCUT2D eigenvalue weighted by atomic mass is 10.2. The third-order valence-electron chi connectivity index (χ3n) is 5.05. The van der Waals surface area contributed by atoms with Crippen molar-refractivity contribution >= 4 is 16.6 Å². The van der Waals surface area contributed by atoms with E-state index in [1.165, 1.54) is 9.13 Å². The van der Waals surface area contributed by atoms with Gasteiger partial charge in [0.25, 0.3) is 5.56 Å². The average Bonchev–Trinajstić information content (AvgIpc) is 2.68. The van der Waals surface area contributed by atoms with Gasteiger partial charge in [0, 0.05) is 70.5 Å². The summed E-state index contributed by atoms with van der Waals surface area (Å²) >= 11 is 0. The summed E-state index contributed by atoms with van der Waals surface area (Å²) in [4.78, 5) is 36.5. The predicted molar refractivity (Wildman–Crippen MR) is 104 cm³/mol. The summed E-state index contributed by atoms with van der Waals surface area (Å²) in [5, 5.41) is 0.643. The van der Waals surface area contributed by atoms with Gasteiger partial charge in [0.1, 0.15) is 0 Å². The van der Waals surface area contributed by atoms with Gasteiger partial charge in [0.05, 0.1) is 17.2 Å². The van der Waals surface area contributed by atoms with Crippen LogP contribution in [0.5, 0.6) is 0 Å². The highest BCUT2D eigenvalue weighted by molar-refractivity contribution is 5.81. The van der Waals surface area contributed by atoms with Crippen molar-refractivity contribution in [3.8, 4) is 0 Å². The molecule has 1 aromatic carbocycles. The molecule has 1 aliphatic rings. The molecule has 1 fully saturated rings. The molecule has 3 heterocycles. The van der Waals surface area contributed by atoms with Crippen molar-refractivity contribution < 1.29 is 0 Å². The number of fused-ring (bicyclic) bond motifs is 1. The van der Waals surface area contributed by atoms with Crippen LogP contribution in [0.15, 0.2) is 46.5 Å². The van der Waals surface area contributed by atoms with E-state index in [1.54, 1.807) is 26.6 Å². The maximum atomic E-state index is 12.2. The van der Waals surface area contributed by atoms with Crippen LogP contribution in [0.1, 0.15) is 5.56 Å². The molecule has 3 aromatic rings. The van der Waals surface area contributed by atoms with Crippen LogP contribution < -0.4 is 16.1 Å². The fourth-order valence-corrected chi connectivity index (χ4v) is 3.47. The van der Waals surface area contributed by atoms with Gasteiger partial charge in [-0.25, -0.2) is 14.8 Å².